The fraction of sp³-hybridized carbons (Fsp3) is 0.857. The molecule has 4 nitrogen and oxygen atoms in total. The first-order valence-corrected chi connectivity index (χ1v) is 6.93. The number of amides is 1. The fourth-order valence-electron chi connectivity index (χ4n) is 1.81. The molecule has 106 valence electrons. The van der Waals surface area contributed by atoms with Gasteiger partial charge < -0.3 is 10.4 Å². The third-order valence-corrected chi connectivity index (χ3v) is 2.87. The molecule has 0 radical (unpaired) electrons. The largest absolute Gasteiger partial charge is 0.481 e. The molecule has 0 aromatic carbocycles. The van der Waals surface area contributed by atoms with Gasteiger partial charge in [0.25, 0.3) is 0 Å². The molecule has 0 fully saturated rings. The maximum atomic E-state index is 11.5. The Hall–Kier alpha value is -1.06. The van der Waals surface area contributed by atoms with Gasteiger partial charge in [0, 0.05) is 18.9 Å². The van der Waals surface area contributed by atoms with Gasteiger partial charge in [-0.1, -0.05) is 26.7 Å². The second kappa shape index (κ2) is 9.92. The number of hydrogen-bond donors (Lipinski definition) is 2. The van der Waals surface area contributed by atoms with E-state index in [1.807, 2.05) is 6.92 Å². The number of nitrogens with one attached hydrogen (secondary N) is 1. The van der Waals surface area contributed by atoms with Crippen molar-refractivity contribution < 1.29 is 14.7 Å². The molecule has 1 atom stereocenters. The van der Waals surface area contributed by atoms with E-state index in [-0.39, 0.29) is 18.4 Å². The minimum Gasteiger partial charge on any atom is -0.481 e. The van der Waals surface area contributed by atoms with Gasteiger partial charge in [-0.15, -0.1) is 0 Å². The van der Waals surface area contributed by atoms with Crippen LogP contribution >= 0.6 is 0 Å². The quantitative estimate of drug-likeness (QED) is 0.591. The van der Waals surface area contributed by atoms with E-state index in [1.54, 1.807) is 0 Å². The van der Waals surface area contributed by atoms with Crippen LogP contribution in [0.15, 0.2) is 0 Å². The Morgan fingerprint density at radius 3 is 2.17 bits per heavy atom. The predicted octanol–water partition coefficient (Wildman–Crippen LogP) is 2.96. The summed E-state index contributed by atoms with van der Waals surface area (Å²) in [5, 5.41) is 11.4. The van der Waals surface area contributed by atoms with Crippen LogP contribution in [0.4, 0.5) is 0 Å². The maximum absolute atomic E-state index is 11.5. The van der Waals surface area contributed by atoms with Gasteiger partial charge in [-0.05, 0) is 32.1 Å². The highest BCUT2D eigenvalue weighted by Crippen LogP contribution is 2.08. The SMILES string of the molecule is CC(C)CCCC(C)NC(=O)CCCCC(=O)O. The maximum Gasteiger partial charge on any atom is 0.303 e. The molecule has 4 heteroatoms. The molecule has 0 aliphatic rings. The second-order valence-electron chi connectivity index (χ2n) is 5.39. The van der Waals surface area contributed by atoms with E-state index < -0.39 is 5.97 Å². The van der Waals surface area contributed by atoms with E-state index in [9.17, 15) is 9.59 Å². The highest BCUT2D eigenvalue weighted by molar-refractivity contribution is 5.76. The lowest BCUT2D eigenvalue weighted by Gasteiger charge is -2.14. The van der Waals surface area contributed by atoms with Gasteiger partial charge in [-0.2, -0.15) is 0 Å². The zero-order valence-corrected chi connectivity index (χ0v) is 11.9. The van der Waals surface area contributed by atoms with Gasteiger partial charge in [0.15, 0.2) is 0 Å². The molecule has 0 rings (SSSR count). The van der Waals surface area contributed by atoms with E-state index >= 15 is 0 Å². The Bertz CT molecular complexity index is 251. The highest BCUT2D eigenvalue weighted by Gasteiger charge is 2.07. The number of hydrogen-bond acceptors (Lipinski definition) is 2. The first-order valence-electron chi connectivity index (χ1n) is 6.93. The van der Waals surface area contributed by atoms with Crippen molar-refractivity contribution in [2.24, 2.45) is 5.92 Å². The molecule has 0 spiro atoms. The van der Waals surface area contributed by atoms with Crippen LogP contribution < -0.4 is 5.32 Å². The van der Waals surface area contributed by atoms with Crippen molar-refractivity contribution >= 4 is 11.9 Å². The molecular weight excluding hydrogens is 230 g/mol. The van der Waals surface area contributed by atoms with Crippen LogP contribution in [0.5, 0.6) is 0 Å². The molecular formula is C14H27NO3. The van der Waals surface area contributed by atoms with Gasteiger partial charge in [-0.25, -0.2) is 0 Å². The van der Waals surface area contributed by atoms with Crippen LogP contribution in [0.2, 0.25) is 0 Å². The summed E-state index contributed by atoms with van der Waals surface area (Å²) in [5.74, 6) is -0.0428. The molecule has 18 heavy (non-hydrogen) atoms. The van der Waals surface area contributed by atoms with Gasteiger partial charge >= 0.3 is 5.97 Å². The normalized spacial score (nSPS) is 12.4. The molecule has 0 aliphatic heterocycles. The molecule has 0 bridgehead atoms. The van der Waals surface area contributed by atoms with Crippen molar-refractivity contribution in [1.82, 2.24) is 5.32 Å². The van der Waals surface area contributed by atoms with Crippen LogP contribution in [0.1, 0.15) is 65.7 Å². The van der Waals surface area contributed by atoms with Crippen LogP contribution in [-0.4, -0.2) is 23.0 Å². The smallest absolute Gasteiger partial charge is 0.303 e. The molecule has 0 saturated carbocycles. The monoisotopic (exact) mass is 257 g/mol. The van der Waals surface area contributed by atoms with Crippen molar-refractivity contribution in [2.45, 2.75) is 71.8 Å². The van der Waals surface area contributed by atoms with E-state index in [0.717, 1.165) is 12.8 Å². The van der Waals surface area contributed by atoms with Crippen LogP contribution in [0.25, 0.3) is 0 Å². The third-order valence-electron chi connectivity index (χ3n) is 2.87. The molecule has 1 unspecified atom stereocenters. The van der Waals surface area contributed by atoms with E-state index in [4.69, 9.17) is 5.11 Å². The number of carboxylic acid groups (broad SMARTS) is 1. The number of carbonyl (C=O) groups excluding carboxylic acids is 1. The Labute approximate surface area is 110 Å². The zero-order chi connectivity index (χ0) is 14.0. The average molecular weight is 257 g/mol. The summed E-state index contributed by atoms with van der Waals surface area (Å²) >= 11 is 0. The fourth-order valence-corrected chi connectivity index (χ4v) is 1.81. The van der Waals surface area contributed by atoms with Crippen molar-refractivity contribution in [3.05, 3.63) is 0 Å². The zero-order valence-electron chi connectivity index (χ0n) is 11.9. The first-order chi connectivity index (χ1) is 8.41. The van der Waals surface area contributed by atoms with Gasteiger partial charge in [0.05, 0.1) is 0 Å². The number of unbranched alkanes of at least 4 members (excludes halogenated alkanes) is 1. The Morgan fingerprint density at radius 2 is 1.61 bits per heavy atom. The van der Waals surface area contributed by atoms with Gasteiger partial charge in [0.1, 0.15) is 0 Å². The average Bonchev–Trinajstić information content (AvgIpc) is 2.23. The molecule has 0 aromatic rings. The summed E-state index contributed by atoms with van der Waals surface area (Å²) < 4.78 is 0. The van der Waals surface area contributed by atoms with Crippen LogP contribution in [0.3, 0.4) is 0 Å². The Kier molecular flexibility index (Phi) is 9.33. The van der Waals surface area contributed by atoms with Crippen molar-refractivity contribution in [3.63, 3.8) is 0 Å². The molecule has 0 aromatic heterocycles. The molecule has 0 saturated heterocycles. The lowest BCUT2D eigenvalue weighted by Crippen LogP contribution is -2.32. The highest BCUT2D eigenvalue weighted by atomic mass is 16.4. The lowest BCUT2D eigenvalue weighted by molar-refractivity contribution is -0.137. The van der Waals surface area contributed by atoms with E-state index in [1.165, 1.54) is 6.42 Å². The van der Waals surface area contributed by atoms with Crippen molar-refractivity contribution in [3.8, 4) is 0 Å². The van der Waals surface area contributed by atoms with Crippen molar-refractivity contribution in [2.75, 3.05) is 0 Å². The standard InChI is InChI=1S/C14H27NO3/c1-11(2)7-6-8-12(3)15-13(16)9-4-5-10-14(17)18/h11-12H,4-10H2,1-3H3,(H,15,16)(H,17,18). The van der Waals surface area contributed by atoms with E-state index in [2.05, 4.69) is 19.2 Å². The van der Waals surface area contributed by atoms with Crippen LogP contribution in [0, 0.1) is 5.92 Å². The summed E-state index contributed by atoms with van der Waals surface area (Å²) in [6, 6.07) is 0.218. The third kappa shape index (κ3) is 11.4. The van der Waals surface area contributed by atoms with Crippen LogP contribution in [-0.2, 0) is 9.59 Å². The molecule has 1 amide bonds. The summed E-state index contributed by atoms with van der Waals surface area (Å²) in [4.78, 5) is 21.8. The Morgan fingerprint density at radius 1 is 1.00 bits per heavy atom. The number of aliphatic carboxylic acids is 1. The van der Waals surface area contributed by atoms with E-state index in [0.29, 0.717) is 25.2 Å². The number of carbonyl (C=O) groups is 2. The van der Waals surface area contributed by atoms with Gasteiger partial charge in [0.2, 0.25) is 5.91 Å². The Balaban J connectivity index is 3.52. The summed E-state index contributed by atoms with van der Waals surface area (Å²) in [5.41, 5.74) is 0. The number of carboxylic acids is 1. The number of rotatable bonds is 10. The molecule has 0 heterocycles. The first kappa shape index (κ1) is 16.9. The summed E-state index contributed by atoms with van der Waals surface area (Å²) in [6.45, 7) is 6.42. The molecule has 2 N–H and O–H groups in total. The minimum atomic E-state index is -0.794. The van der Waals surface area contributed by atoms with Crippen molar-refractivity contribution in [1.29, 1.82) is 0 Å². The topological polar surface area (TPSA) is 66.4 Å². The summed E-state index contributed by atoms with van der Waals surface area (Å²) in [7, 11) is 0. The lowest BCUT2D eigenvalue weighted by atomic mass is 10.0. The van der Waals surface area contributed by atoms with Gasteiger partial charge in [-0.3, -0.25) is 9.59 Å². The minimum absolute atomic E-state index is 0.0393. The second-order valence-corrected chi connectivity index (χ2v) is 5.39. The summed E-state index contributed by atoms with van der Waals surface area (Å²) in [6.07, 6.45) is 5.15. The molecule has 0 aliphatic carbocycles. The predicted molar refractivity (Wildman–Crippen MR) is 72.4 cm³/mol.